The van der Waals surface area contributed by atoms with Crippen molar-refractivity contribution in [1.29, 1.82) is 0 Å². The van der Waals surface area contributed by atoms with Gasteiger partial charge >= 0.3 is 0 Å². The van der Waals surface area contributed by atoms with Gasteiger partial charge in [0.15, 0.2) is 0 Å². The number of sulfonamides is 1. The maximum atomic E-state index is 12.1. The molecule has 0 radical (unpaired) electrons. The second kappa shape index (κ2) is 6.30. The van der Waals surface area contributed by atoms with Crippen molar-refractivity contribution in [2.24, 2.45) is 5.41 Å². The number of rotatable bonds is 5. The van der Waals surface area contributed by atoms with Crippen LogP contribution in [-0.4, -0.2) is 26.2 Å². The molecule has 1 atom stereocenters. The second-order valence-corrected chi connectivity index (χ2v) is 8.12. The number of aliphatic hydroxyl groups is 1. The number of benzene rings is 1. The molecule has 0 bridgehead atoms. The third kappa shape index (κ3) is 5.28. The van der Waals surface area contributed by atoms with Crippen LogP contribution in [0.4, 0.5) is 5.69 Å². The Hall–Kier alpha value is -0.820. The van der Waals surface area contributed by atoms with Crippen LogP contribution in [0.1, 0.15) is 27.2 Å². The van der Waals surface area contributed by atoms with Gasteiger partial charge in [0, 0.05) is 11.6 Å². The van der Waals surface area contributed by atoms with Crippen LogP contribution in [0.5, 0.6) is 0 Å². The largest absolute Gasteiger partial charge is 0.398 e. The quantitative estimate of drug-likeness (QED) is 0.723. The lowest BCUT2D eigenvalue weighted by Crippen LogP contribution is -2.34. The number of hydrogen-bond donors (Lipinski definition) is 3. The molecule has 0 amide bonds. The molecular weight excluding hydrogens is 300 g/mol. The van der Waals surface area contributed by atoms with E-state index in [1.54, 1.807) is 0 Å². The number of halogens is 1. The summed E-state index contributed by atoms with van der Waals surface area (Å²) in [6.07, 6.45) is -0.260. The van der Waals surface area contributed by atoms with Gasteiger partial charge in [-0.2, -0.15) is 0 Å². The van der Waals surface area contributed by atoms with Crippen molar-refractivity contribution in [2.75, 3.05) is 12.3 Å². The van der Waals surface area contributed by atoms with Gasteiger partial charge in [-0.3, -0.25) is 0 Å². The van der Waals surface area contributed by atoms with Crippen LogP contribution in [-0.2, 0) is 10.0 Å². The van der Waals surface area contributed by atoms with Gasteiger partial charge in [-0.15, -0.1) is 0 Å². The fourth-order valence-electron chi connectivity index (χ4n) is 1.83. The maximum absolute atomic E-state index is 12.1. The molecule has 0 aromatic heterocycles. The Kier molecular flexibility index (Phi) is 5.43. The molecule has 0 aliphatic heterocycles. The fraction of sp³-hybridized carbons (Fsp3) is 0.538. The first-order valence-corrected chi connectivity index (χ1v) is 8.10. The van der Waals surface area contributed by atoms with Crippen molar-refractivity contribution in [3.05, 3.63) is 23.2 Å². The highest BCUT2D eigenvalue weighted by Crippen LogP contribution is 2.23. The minimum atomic E-state index is -3.75. The Balaban J connectivity index is 2.76. The predicted octanol–water partition coefficient (Wildman–Crippen LogP) is 2.00. The molecule has 1 unspecified atom stereocenters. The van der Waals surface area contributed by atoms with E-state index in [2.05, 4.69) is 4.72 Å². The van der Waals surface area contributed by atoms with Crippen molar-refractivity contribution < 1.29 is 13.5 Å². The van der Waals surface area contributed by atoms with Crippen LogP contribution in [0.15, 0.2) is 23.1 Å². The summed E-state index contributed by atoms with van der Waals surface area (Å²) in [6.45, 7) is 5.87. The number of nitrogen functional groups attached to an aromatic ring is 1. The van der Waals surface area contributed by atoms with Gasteiger partial charge in [0.1, 0.15) is 4.90 Å². The number of nitrogens with two attached hydrogens (primary N) is 1. The molecule has 20 heavy (non-hydrogen) atoms. The van der Waals surface area contributed by atoms with Crippen LogP contribution in [0.3, 0.4) is 0 Å². The zero-order valence-electron chi connectivity index (χ0n) is 11.9. The smallest absolute Gasteiger partial charge is 0.242 e. The summed E-state index contributed by atoms with van der Waals surface area (Å²) >= 11 is 5.73. The summed E-state index contributed by atoms with van der Waals surface area (Å²) in [5.74, 6) is 0. The normalized spacial score (nSPS) is 14.2. The predicted molar refractivity (Wildman–Crippen MR) is 81.1 cm³/mol. The van der Waals surface area contributed by atoms with E-state index in [-0.39, 0.29) is 22.5 Å². The van der Waals surface area contributed by atoms with Gasteiger partial charge in [-0.25, -0.2) is 13.1 Å². The zero-order chi connectivity index (χ0) is 15.6. The molecule has 4 N–H and O–H groups in total. The Morgan fingerprint density at radius 3 is 2.50 bits per heavy atom. The SMILES string of the molecule is CC(C)(C)CC(O)CNS(=O)(=O)c1ccc(Cl)cc1N. The van der Waals surface area contributed by atoms with Crippen molar-refractivity contribution >= 4 is 27.3 Å². The molecule has 0 aliphatic carbocycles. The van der Waals surface area contributed by atoms with Crippen molar-refractivity contribution in [2.45, 2.75) is 38.2 Å². The zero-order valence-corrected chi connectivity index (χ0v) is 13.4. The lowest BCUT2D eigenvalue weighted by molar-refractivity contribution is 0.125. The number of nitrogens with one attached hydrogen (secondary N) is 1. The third-order valence-electron chi connectivity index (χ3n) is 2.62. The standard InChI is InChI=1S/C13H21ClN2O3S/c1-13(2,3)7-10(17)8-16-20(18,19)12-5-4-9(14)6-11(12)15/h4-6,10,16-17H,7-8,15H2,1-3H3. The van der Waals surface area contributed by atoms with E-state index >= 15 is 0 Å². The first-order valence-electron chi connectivity index (χ1n) is 6.24. The lowest BCUT2D eigenvalue weighted by atomic mass is 9.89. The summed E-state index contributed by atoms with van der Waals surface area (Å²) < 4.78 is 26.5. The highest BCUT2D eigenvalue weighted by Gasteiger charge is 2.21. The van der Waals surface area contributed by atoms with Crippen LogP contribution < -0.4 is 10.5 Å². The minimum absolute atomic E-state index is 0.0372. The van der Waals surface area contributed by atoms with Crippen molar-refractivity contribution in [1.82, 2.24) is 4.72 Å². The molecule has 0 saturated carbocycles. The second-order valence-electron chi connectivity index (χ2n) is 5.95. The van der Waals surface area contributed by atoms with Gasteiger partial charge < -0.3 is 10.8 Å². The lowest BCUT2D eigenvalue weighted by Gasteiger charge is -2.22. The van der Waals surface area contributed by atoms with Crippen molar-refractivity contribution in [3.63, 3.8) is 0 Å². The van der Waals surface area contributed by atoms with Crippen molar-refractivity contribution in [3.8, 4) is 0 Å². The van der Waals surface area contributed by atoms with E-state index in [4.69, 9.17) is 17.3 Å². The summed E-state index contributed by atoms with van der Waals surface area (Å²) in [6, 6.07) is 4.18. The molecular formula is C13H21ClN2O3S. The molecule has 0 heterocycles. The molecule has 1 rings (SSSR count). The van der Waals surface area contributed by atoms with E-state index < -0.39 is 16.1 Å². The third-order valence-corrected chi connectivity index (χ3v) is 4.35. The Morgan fingerprint density at radius 1 is 1.40 bits per heavy atom. The molecule has 1 aromatic rings. The van der Waals surface area contributed by atoms with Crippen LogP contribution in [0, 0.1) is 5.41 Å². The average molecular weight is 321 g/mol. The molecule has 0 fully saturated rings. The first-order chi connectivity index (χ1) is 9.01. The molecule has 114 valence electrons. The van der Waals surface area contributed by atoms with E-state index in [9.17, 15) is 13.5 Å². The molecule has 1 aromatic carbocycles. The van der Waals surface area contributed by atoms with Gasteiger partial charge in [0.05, 0.1) is 11.8 Å². The Morgan fingerprint density at radius 2 is 2.00 bits per heavy atom. The Bertz CT molecular complexity index is 567. The fourth-order valence-corrected chi connectivity index (χ4v) is 3.19. The van der Waals surface area contributed by atoms with E-state index in [1.807, 2.05) is 20.8 Å². The van der Waals surface area contributed by atoms with Crippen LogP contribution in [0.25, 0.3) is 0 Å². The molecule has 5 nitrogen and oxygen atoms in total. The van der Waals surface area contributed by atoms with E-state index in [1.165, 1.54) is 18.2 Å². The van der Waals surface area contributed by atoms with E-state index in [0.717, 1.165) is 0 Å². The summed E-state index contributed by atoms with van der Waals surface area (Å²) in [5, 5.41) is 10.2. The topological polar surface area (TPSA) is 92.4 Å². The van der Waals surface area contributed by atoms with Gasteiger partial charge in [0.25, 0.3) is 0 Å². The Labute approximate surface area is 125 Å². The maximum Gasteiger partial charge on any atom is 0.242 e. The summed E-state index contributed by atoms with van der Waals surface area (Å²) in [4.78, 5) is -0.0372. The van der Waals surface area contributed by atoms with E-state index in [0.29, 0.717) is 11.4 Å². The summed E-state index contributed by atoms with van der Waals surface area (Å²) in [5.41, 5.74) is 5.65. The number of anilines is 1. The highest BCUT2D eigenvalue weighted by molar-refractivity contribution is 7.89. The van der Waals surface area contributed by atoms with Gasteiger partial charge in [-0.05, 0) is 30.0 Å². The molecule has 0 aliphatic rings. The average Bonchev–Trinajstić information content (AvgIpc) is 2.23. The van der Waals surface area contributed by atoms with Crippen LogP contribution >= 0.6 is 11.6 Å². The number of aliphatic hydroxyl groups excluding tert-OH is 1. The minimum Gasteiger partial charge on any atom is -0.398 e. The van der Waals surface area contributed by atoms with Crippen LogP contribution in [0.2, 0.25) is 5.02 Å². The van der Waals surface area contributed by atoms with Gasteiger partial charge in [0.2, 0.25) is 10.0 Å². The number of hydrogen-bond acceptors (Lipinski definition) is 4. The highest BCUT2D eigenvalue weighted by atomic mass is 35.5. The molecule has 7 heteroatoms. The molecule has 0 spiro atoms. The summed E-state index contributed by atoms with van der Waals surface area (Å²) in [7, 11) is -3.75. The van der Waals surface area contributed by atoms with Gasteiger partial charge in [-0.1, -0.05) is 32.4 Å². The monoisotopic (exact) mass is 320 g/mol. The first kappa shape index (κ1) is 17.2. The molecule has 0 saturated heterocycles.